The van der Waals surface area contributed by atoms with E-state index in [1.165, 1.54) is 4.31 Å². The summed E-state index contributed by atoms with van der Waals surface area (Å²) in [6.07, 6.45) is 0.0852. The van der Waals surface area contributed by atoms with Gasteiger partial charge in [-0.2, -0.15) is 0 Å². The summed E-state index contributed by atoms with van der Waals surface area (Å²) in [5.74, 6) is 1.77. The molecular weight excluding hydrogens is 436 g/mol. The number of para-hydroxylation sites is 1. The smallest absolute Gasteiger partial charge is 0.264 e. The molecular formula is C26H26N2O4S. The molecule has 170 valence electrons. The molecule has 0 aliphatic carbocycles. The van der Waals surface area contributed by atoms with Crippen LogP contribution in [0.2, 0.25) is 0 Å². The zero-order valence-electron chi connectivity index (χ0n) is 18.8. The maximum absolute atomic E-state index is 13.5. The van der Waals surface area contributed by atoms with Crippen LogP contribution in [-0.4, -0.2) is 19.5 Å². The SMILES string of the molecule is Cc1oc(-c2ccc(OC(C)C)cc2)nc1CN(c1ccccc1)S(=O)(=O)c1ccccc1. The Hall–Kier alpha value is -3.58. The standard InChI is InChI=1S/C26H26N2O4S/c1-19(2)31-23-16-14-21(15-17-23)26-27-25(20(3)32-26)18-28(22-10-6-4-7-11-22)33(29,30)24-12-8-5-9-13-24/h4-17,19H,18H2,1-3H3. The van der Waals surface area contributed by atoms with Gasteiger partial charge in [-0.25, -0.2) is 13.4 Å². The predicted octanol–water partition coefficient (Wildman–Crippen LogP) is 5.83. The summed E-state index contributed by atoms with van der Waals surface area (Å²) in [6, 6.07) is 24.9. The first-order chi connectivity index (χ1) is 15.8. The Morgan fingerprint density at radius 1 is 0.909 bits per heavy atom. The number of aromatic nitrogens is 1. The molecule has 0 unspecified atom stereocenters. The van der Waals surface area contributed by atoms with Gasteiger partial charge in [0.25, 0.3) is 10.0 Å². The van der Waals surface area contributed by atoms with E-state index in [4.69, 9.17) is 9.15 Å². The van der Waals surface area contributed by atoms with E-state index >= 15 is 0 Å². The summed E-state index contributed by atoms with van der Waals surface area (Å²) in [6.45, 7) is 5.78. The van der Waals surface area contributed by atoms with E-state index in [0.29, 0.717) is 23.0 Å². The Morgan fingerprint density at radius 3 is 2.12 bits per heavy atom. The van der Waals surface area contributed by atoms with Crippen molar-refractivity contribution in [1.82, 2.24) is 4.98 Å². The van der Waals surface area contributed by atoms with Gasteiger partial charge in [0.05, 0.1) is 23.2 Å². The molecule has 0 fully saturated rings. The first-order valence-electron chi connectivity index (χ1n) is 10.7. The molecule has 0 spiro atoms. The zero-order valence-corrected chi connectivity index (χ0v) is 19.6. The van der Waals surface area contributed by atoms with Crippen molar-refractivity contribution in [1.29, 1.82) is 0 Å². The average molecular weight is 463 g/mol. The lowest BCUT2D eigenvalue weighted by molar-refractivity contribution is 0.242. The van der Waals surface area contributed by atoms with Gasteiger partial charge in [0.15, 0.2) is 0 Å². The number of oxazole rings is 1. The number of aryl methyl sites for hydroxylation is 1. The van der Waals surface area contributed by atoms with Crippen molar-refractivity contribution in [2.45, 2.75) is 38.3 Å². The van der Waals surface area contributed by atoms with E-state index in [2.05, 4.69) is 4.98 Å². The van der Waals surface area contributed by atoms with Gasteiger partial charge in [0.1, 0.15) is 17.2 Å². The van der Waals surface area contributed by atoms with Crippen LogP contribution in [0.3, 0.4) is 0 Å². The molecule has 0 N–H and O–H groups in total. The van der Waals surface area contributed by atoms with Crippen molar-refractivity contribution >= 4 is 15.7 Å². The highest BCUT2D eigenvalue weighted by molar-refractivity contribution is 7.92. The summed E-state index contributed by atoms with van der Waals surface area (Å²) in [5, 5.41) is 0. The average Bonchev–Trinajstić information content (AvgIpc) is 3.19. The first-order valence-corrected chi connectivity index (χ1v) is 12.1. The molecule has 3 aromatic carbocycles. The number of hydrogen-bond donors (Lipinski definition) is 0. The fourth-order valence-electron chi connectivity index (χ4n) is 3.41. The minimum absolute atomic E-state index is 0.0467. The van der Waals surface area contributed by atoms with Crippen LogP contribution in [0.4, 0.5) is 5.69 Å². The second-order valence-electron chi connectivity index (χ2n) is 7.87. The maximum atomic E-state index is 13.5. The van der Waals surface area contributed by atoms with E-state index in [1.54, 1.807) is 49.4 Å². The first kappa shape index (κ1) is 22.6. The molecule has 33 heavy (non-hydrogen) atoms. The Kier molecular flexibility index (Phi) is 6.51. The molecule has 0 saturated heterocycles. The van der Waals surface area contributed by atoms with Gasteiger partial charge >= 0.3 is 0 Å². The van der Waals surface area contributed by atoms with Gasteiger partial charge in [0, 0.05) is 5.56 Å². The van der Waals surface area contributed by atoms with E-state index in [9.17, 15) is 8.42 Å². The molecule has 4 aromatic rings. The normalized spacial score (nSPS) is 11.5. The van der Waals surface area contributed by atoms with Crippen molar-refractivity contribution in [3.05, 3.63) is 96.4 Å². The van der Waals surface area contributed by atoms with Gasteiger partial charge < -0.3 is 9.15 Å². The zero-order chi connectivity index (χ0) is 23.4. The second kappa shape index (κ2) is 9.50. The van der Waals surface area contributed by atoms with Crippen LogP contribution >= 0.6 is 0 Å². The van der Waals surface area contributed by atoms with Crippen LogP contribution in [0.5, 0.6) is 5.75 Å². The number of nitrogens with zero attached hydrogens (tertiary/aromatic N) is 2. The lowest BCUT2D eigenvalue weighted by atomic mass is 10.2. The molecule has 0 atom stereocenters. The number of rotatable bonds is 8. The molecule has 0 saturated carbocycles. The number of ether oxygens (including phenoxy) is 1. The third kappa shape index (κ3) is 5.09. The highest BCUT2D eigenvalue weighted by atomic mass is 32.2. The van der Waals surface area contributed by atoms with Crippen LogP contribution in [0, 0.1) is 6.92 Å². The number of hydrogen-bond acceptors (Lipinski definition) is 5. The Bertz CT molecular complexity index is 1300. The molecule has 0 aliphatic rings. The largest absolute Gasteiger partial charge is 0.491 e. The summed E-state index contributed by atoms with van der Waals surface area (Å²) >= 11 is 0. The van der Waals surface area contributed by atoms with Crippen LogP contribution in [-0.2, 0) is 16.6 Å². The highest BCUT2D eigenvalue weighted by Gasteiger charge is 2.27. The molecule has 7 heteroatoms. The Morgan fingerprint density at radius 2 is 1.52 bits per heavy atom. The fourth-order valence-corrected chi connectivity index (χ4v) is 4.86. The molecule has 1 heterocycles. The van der Waals surface area contributed by atoms with Gasteiger partial charge in [0.2, 0.25) is 5.89 Å². The third-order valence-electron chi connectivity index (χ3n) is 5.03. The Labute approximate surface area is 194 Å². The minimum Gasteiger partial charge on any atom is -0.491 e. The van der Waals surface area contributed by atoms with E-state index in [1.807, 2.05) is 56.3 Å². The molecule has 4 rings (SSSR count). The minimum atomic E-state index is -3.81. The molecule has 0 bridgehead atoms. The topological polar surface area (TPSA) is 72.6 Å². The molecule has 6 nitrogen and oxygen atoms in total. The van der Waals surface area contributed by atoms with Gasteiger partial charge in [-0.1, -0.05) is 36.4 Å². The number of anilines is 1. The van der Waals surface area contributed by atoms with Crippen LogP contribution in [0.25, 0.3) is 11.5 Å². The highest BCUT2D eigenvalue weighted by Crippen LogP contribution is 2.29. The summed E-state index contributed by atoms with van der Waals surface area (Å²) in [5.41, 5.74) is 1.90. The predicted molar refractivity (Wildman–Crippen MR) is 129 cm³/mol. The monoisotopic (exact) mass is 462 g/mol. The van der Waals surface area contributed by atoms with Crippen molar-refractivity contribution in [3.8, 4) is 17.2 Å². The van der Waals surface area contributed by atoms with Crippen LogP contribution in [0.1, 0.15) is 25.3 Å². The molecule has 0 radical (unpaired) electrons. The Balaban J connectivity index is 1.67. The van der Waals surface area contributed by atoms with E-state index in [-0.39, 0.29) is 17.5 Å². The summed E-state index contributed by atoms with van der Waals surface area (Å²) < 4.78 is 40.0. The number of sulfonamides is 1. The van der Waals surface area contributed by atoms with Crippen molar-refractivity contribution in [3.63, 3.8) is 0 Å². The number of benzene rings is 3. The fraction of sp³-hybridized carbons (Fsp3) is 0.192. The molecule has 0 amide bonds. The second-order valence-corrected chi connectivity index (χ2v) is 9.74. The van der Waals surface area contributed by atoms with Crippen molar-refractivity contribution in [2.24, 2.45) is 0 Å². The maximum Gasteiger partial charge on any atom is 0.264 e. The third-order valence-corrected chi connectivity index (χ3v) is 6.82. The summed E-state index contributed by atoms with van der Waals surface area (Å²) in [7, 11) is -3.81. The summed E-state index contributed by atoms with van der Waals surface area (Å²) in [4.78, 5) is 4.85. The lowest BCUT2D eigenvalue weighted by Crippen LogP contribution is -2.31. The quantitative estimate of drug-likeness (QED) is 0.329. The van der Waals surface area contributed by atoms with E-state index in [0.717, 1.165) is 11.3 Å². The molecule has 1 aromatic heterocycles. The van der Waals surface area contributed by atoms with Crippen LogP contribution in [0.15, 0.2) is 94.2 Å². The van der Waals surface area contributed by atoms with Crippen LogP contribution < -0.4 is 9.04 Å². The lowest BCUT2D eigenvalue weighted by Gasteiger charge is -2.24. The van der Waals surface area contributed by atoms with Crippen molar-refractivity contribution < 1.29 is 17.6 Å². The van der Waals surface area contributed by atoms with Gasteiger partial charge in [-0.15, -0.1) is 0 Å². The molecule has 0 aliphatic heterocycles. The van der Waals surface area contributed by atoms with E-state index < -0.39 is 10.0 Å². The van der Waals surface area contributed by atoms with Gasteiger partial charge in [-0.3, -0.25) is 4.31 Å². The van der Waals surface area contributed by atoms with Gasteiger partial charge in [-0.05, 0) is 69.3 Å². The van der Waals surface area contributed by atoms with Crippen molar-refractivity contribution in [2.75, 3.05) is 4.31 Å².